The maximum atomic E-state index is 13.0. The van der Waals surface area contributed by atoms with Crippen LogP contribution in [0, 0.1) is 0 Å². The number of carbonyl (C=O) groups is 1. The molecule has 1 fully saturated rings. The van der Waals surface area contributed by atoms with Gasteiger partial charge in [0.05, 0.1) is 16.8 Å². The molecule has 1 N–H and O–H groups in total. The van der Waals surface area contributed by atoms with Crippen molar-refractivity contribution in [3.63, 3.8) is 0 Å². The molecule has 1 aromatic heterocycles. The Hall–Kier alpha value is -2.32. The fraction of sp³-hybridized carbons (Fsp3) is 0.500. The van der Waals surface area contributed by atoms with Crippen molar-refractivity contribution in [2.75, 3.05) is 38.0 Å². The van der Waals surface area contributed by atoms with E-state index in [1.807, 2.05) is 24.4 Å². The first-order valence-corrected chi connectivity index (χ1v) is 11.8. The first-order chi connectivity index (χ1) is 15.8. The summed E-state index contributed by atoms with van der Waals surface area (Å²) in [7, 11) is 0. The van der Waals surface area contributed by atoms with Crippen molar-refractivity contribution in [3.8, 4) is 0 Å². The van der Waals surface area contributed by atoms with Crippen molar-refractivity contribution >= 4 is 23.2 Å². The predicted octanol–water partition coefficient (Wildman–Crippen LogP) is 4.86. The molecule has 1 aromatic carbocycles. The van der Waals surface area contributed by atoms with Gasteiger partial charge in [-0.3, -0.25) is 9.78 Å². The summed E-state index contributed by atoms with van der Waals surface area (Å²) in [5.41, 5.74) is 3.57. The lowest BCUT2D eigenvalue weighted by molar-refractivity contribution is -0.185. The van der Waals surface area contributed by atoms with Gasteiger partial charge in [0.2, 0.25) is 0 Å². The number of piperidine rings is 1. The van der Waals surface area contributed by atoms with Gasteiger partial charge in [-0.2, -0.15) is 13.2 Å². The number of pyridine rings is 1. The lowest BCUT2D eigenvalue weighted by Gasteiger charge is -2.32. The van der Waals surface area contributed by atoms with E-state index < -0.39 is 12.1 Å². The summed E-state index contributed by atoms with van der Waals surface area (Å²) < 4.78 is 39.0. The molecule has 1 amide bonds. The monoisotopic (exact) mass is 480 g/mol. The molecule has 0 spiro atoms. The normalized spacial score (nSPS) is 18.4. The average Bonchev–Trinajstić information content (AvgIpc) is 3.03. The van der Waals surface area contributed by atoms with E-state index in [1.54, 1.807) is 12.3 Å². The molecule has 1 saturated heterocycles. The van der Waals surface area contributed by atoms with E-state index in [0.717, 1.165) is 46.9 Å². The summed E-state index contributed by atoms with van der Waals surface area (Å²) in [6.07, 6.45) is 2.95. The van der Waals surface area contributed by atoms with Gasteiger partial charge in [-0.15, -0.1) is 0 Å². The summed E-state index contributed by atoms with van der Waals surface area (Å²) in [6.45, 7) is 2.89. The molecule has 1 unspecified atom stereocenters. The smallest absolute Gasteiger partial charge is 0.375 e. The van der Waals surface area contributed by atoms with Crippen LogP contribution in [0.5, 0.6) is 0 Å². The highest BCUT2D eigenvalue weighted by Gasteiger charge is 2.42. The fourth-order valence-corrected chi connectivity index (χ4v) is 4.96. The Labute approximate surface area is 196 Å². The zero-order chi connectivity index (χ0) is 23.4. The van der Waals surface area contributed by atoms with Gasteiger partial charge in [0.25, 0.3) is 0 Å². The number of amides is 1. The standard InChI is InChI=1S/C24H28ClF3N4O/c25-20-7-6-17-8-13-32(23(33)24(26,27)28)14-9-19(17)22(20)30-21(18-5-4-10-29-15-18)16-31-11-2-1-3-12-31/h4-7,10,15,21,30H,1-3,8-9,11-14,16H2. The Morgan fingerprint density at radius 1 is 1.09 bits per heavy atom. The predicted molar refractivity (Wildman–Crippen MR) is 122 cm³/mol. The molecule has 178 valence electrons. The van der Waals surface area contributed by atoms with Crippen molar-refractivity contribution in [1.29, 1.82) is 0 Å². The second-order valence-corrected chi connectivity index (χ2v) is 9.10. The number of hydrogen-bond donors (Lipinski definition) is 1. The number of fused-ring (bicyclic) bond motifs is 1. The van der Waals surface area contributed by atoms with Crippen LogP contribution in [0.1, 0.15) is 42.0 Å². The van der Waals surface area contributed by atoms with Gasteiger partial charge < -0.3 is 15.1 Å². The topological polar surface area (TPSA) is 48.5 Å². The number of hydrogen-bond acceptors (Lipinski definition) is 4. The summed E-state index contributed by atoms with van der Waals surface area (Å²) in [5, 5.41) is 4.13. The van der Waals surface area contributed by atoms with Crippen LogP contribution in [0.2, 0.25) is 5.02 Å². The largest absolute Gasteiger partial charge is 0.471 e. The highest BCUT2D eigenvalue weighted by Crippen LogP contribution is 2.35. The van der Waals surface area contributed by atoms with Gasteiger partial charge in [0, 0.05) is 32.0 Å². The van der Waals surface area contributed by atoms with Crippen LogP contribution >= 0.6 is 11.6 Å². The van der Waals surface area contributed by atoms with Crippen molar-refractivity contribution < 1.29 is 18.0 Å². The Morgan fingerprint density at radius 2 is 1.85 bits per heavy atom. The zero-order valence-corrected chi connectivity index (χ0v) is 19.1. The molecular weight excluding hydrogens is 453 g/mol. The van der Waals surface area contributed by atoms with Gasteiger partial charge in [0.15, 0.2) is 0 Å². The number of alkyl halides is 3. The molecule has 2 aliphatic heterocycles. The Bertz CT molecular complexity index is 964. The third-order valence-electron chi connectivity index (χ3n) is 6.47. The van der Waals surface area contributed by atoms with Crippen LogP contribution in [0.4, 0.5) is 18.9 Å². The minimum absolute atomic E-state index is 0.00402. The molecule has 0 saturated carbocycles. The molecule has 0 radical (unpaired) electrons. The third-order valence-corrected chi connectivity index (χ3v) is 6.78. The summed E-state index contributed by atoms with van der Waals surface area (Å²) >= 11 is 6.61. The van der Waals surface area contributed by atoms with Gasteiger partial charge >= 0.3 is 12.1 Å². The van der Waals surface area contributed by atoms with Crippen molar-refractivity contribution in [1.82, 2.24) is 14.8 Å². The Balaban J connectivity index is 1.60. The second-order valence-electron chi connectivity index (χ2n) is 8.69. The summed E-state index contributed by atoms with van der Waals surface area (Å²) in [4.78, 5) is 19.4. The number of nitrogens with one attached hydrogen (secondary N) is 1. The quantitative estimate of drug-likeness (QED) is 0.663. The van der Waals surface area contributed by atoms with E-state index in [0.29, 0.717) is 17.9 Å². The minimum Gasteiger partial charge on any atom is -0.375 e. The number of anilines is 1. The fourth-order valence-electron chi connectivity index (χ4n) is 4.73. The molecule has 4 rings (SSSR count). The first-order valence-electron chi connectivity index (χ1n) is 11.4. The number of carbonyl (C=O) groups excluding carboxylic acids is 1. The van der Waals surface area contributed by atoms with E-state index in [1.165, 1.54) is 19.3 Å². The van der Waals surface area contributed by atoms with Crippen LogP contribution in [-0.4, -0.2) is 59.6 Å². The first kappa shape index (κ1) is 23.8. The van der Waals surface area contributed by atoms with Gasteiger partial charge in [-0.1, -0.05) is 30.2 Å². The molecule has 9 heteroatoms. The lowest BCUT2D eigenvalue weighted by Crippen LogP contribution is -2.42. The Morgan fingerprint density at radius 3 is 2.55 bits per heavy atom. The van der Waals surface area contributed by atoms with Crippen LogP contribution in [0.25, 0.3) is 0 Å². The number of halogens is 4. The maximum absolute atomic E-state index is 13.0. The van der Waals surface area contributed by atoms with Gasteiger partial charge in [-0.05, 0) is 67.6 Å². The minimum atomic E-state index is -4.87. The van der Waals surface area contributed by atoms with Crippen molar-refractivity contribution in [2.45, 2.75) is 44.3 Å². The van der Waals surface area contributed by atoms with E-state index in [-0.39, 0.29) is 19.1 Å². The third kappa shape index (κ3) is 5.79. The van der Waals surface area contributed by atoms with Crippen LogP contribution < -0.4 is 5.32 Å². The van der Waals surface area contributed by atoms with Crippen LogP contribution in [0.15, 0.2) is 36.7 Å². The van der Waals surface area contributed by atoms with Crippen molar-refractivity contribution in [3.05, 3.63) is 58.4 Å². The van der Waals surface area contributed by atoms with E-state index >= 15 is 0 Å². The number of rotatable bonds is 5. The molecule has 0 bridgehead atoms. The van der Waals surface area contributed by atoms with E-state index in [2.05, 4.69) is 15.2 Å². The number of nitrogens with zero attached hydrogens (tertiary/aromatic N) is 3. The average molecular weight is 481 g/mol. The van der Waals surface area contributed by atoms with Crippen LogP contribution in [0.3, 0.4) is 0 Å². The van der Waals surface area contributed by atoms with Crippen LogP contribution in [-0.2, 0) is 17.6 Å². The molecule has 5 nitrogen and oxygen atoms in total. The van der Waals surface area contributed by atoms with Gasteiger partial charge in [0.1, 0.15) is 0 Å². The lowest BCUT2D eigenvalue weighted by atomic mass is 9.99. The van der Waals surface area contributed by atoms with Gasteiger partial charge in [-0.25, -0.2) is 0 Å². The number of benzene rings is 1. The molecule has 0 aliphatic carbocycles. The zero-order valence-electron chi connectivity index (χ0n) is 18.4. The van der Waals surface area contributed by atoms with E-state index in [4.69, 9.17) is 11.6 Å². The number of likely N-dealkylation sites (tertiary alicyclic amines) is 1. The molecular formula is C24H28ClF3N4O. The summed E-state index contributed by atoms with van der Waals surface area (Å²) in [6, 6.07) is 7.48. The highest BCUT2D eigenvalue weighted by molar-refractivity contribution is 6.33. The maximum Gasteiger partial charge on any atom is 0.471 e. The Kier molecular flexibility index (Phi) is 7.44. The van der Waals surface area contributed by atoms with E-state index in [9.17, 15) is 18.0 Å². The number of aromatic nitrogens is 1. The molecule has 1 atom stereocenters. The molecule has 3 heterocycles. The SMILES string of the molecule is O=C(N1CCc2ccc(Cl)c(NC(CN3CCCCC3)c3cccnc3)c2CC1)C(F)(F)F. The summed E-state index contributed by atoms with van der Waals surface area (Å²) in [5.74, 6) is -1.78. The molecule has 2 aliphatic rings. The highest BCUT2D eigenvalue weighted by atomic mass is 35.5. The molecule has 2 aromatic rings. The second kappa shape index (κ2) is 10.3. The van der Waals surface area contributed by atoms with Crippen molar-refractivity contribution in [2.24, 2.45) is 0 Å². The molecule has 33 heavy (non-hydrogen) atoms.